The van der Waals surface area contributed by atoms with E-state index in [1.54, 1.807) is 60.7 Å². The Morgan fingerprint density at radius 1 is 0.562 bits per heavy atom. The van der Waals surface area contributed by atoms with Crippen LogP contribution >= 0.6 is 12.6 Å². The Bertz CT molecular complexity index is 1430. The van der Waals surface area contributed by atoms with Crippen LogP contribution in [0, 0.1) is 0 Å². The zero-order valence-electron chi connectivity index (χ0n) is 25.4. The number of thiol groups is 1. The predicted molar refractivity (Wildman–Crippen MR) is 170 cm³/mol. The van der Waals surface area contributed by atoms with Crippen LogP contribution < -0.4 is 21.3 Å². The van der Waals surface area contributed by atoms with E-state index in [9.17, 15) is 53.7 Å². The molecule has 2 aromatic rings. The molecule has 4 atom stereocenters. The lowest BCUT2D eigenvalue weighted by molar-refractivity contribution is -0.143. The van der Waals surface area contributed by atoms with E-state index in [1.165, 1.54) is 0 Å². The number of aliphatic carboxylic acids is 4. The quantitative estimate of drug-likeness (QED) is 0.0831. The average Bonchev–Trinajstić information content (AvgIpc) is 3.04. The molecule has 17 heteroatoms. The highest BCUT2D eigenvalue weighted by Gasteiger charge is 2.36. The number of benzene rings is 2. The molecule has 0 aromatic heterocycles. The Labute approximate surface area is 279 Å². The van der Waals surface area contributed by atoms with Crippen molar-refractivity contribution < 1.29 is 58.8 Å². The average molecular weight is 689 g/mol. The summed E-state index contributed by atoms with van der Waals surface area (Å²) in [6.45, 7) is 0. The third kappa shape index (κ3) is 12.7. The molecule has 16 nitrogen and oxygen atoms in total. The van der Waals surface area contributed by atoms with E-state index in [-0.39, 0.29) is 5.75 Å². The van der Waals surface area contributed by atoms with Gasteiger partial charge in [0.15, 0.2) is 0 Å². The Hall–Kier alpha value is -5.45. The molecule has 4 amide bonds. The third-order valence-corrected chi connectivity index (χ3v) is 7.27. The van der Waals surface area contributed by atoms with Gasteiger partial charge < -0.3 is 41.7 Å². The minimum absolute atomic E-state index is 0.365. The number of hydrogen-bond donors (Lipinski definition) is 9. The fourth-order valence-electron chi connectivity index (χ4n) is 4.58. The maximum Gasteiger partial charge on any atom is 0.327 e. The second-order valence-corrected chi connectivity index (χ2v) is 10.8. The molecular weight excluding hydrogens is 652 g/mol. The zero-order valence-corrected chi connectivity index (χ0v) is 26.3. The molecule has 2 rings (SSSR count). The number of carbonyl (C=O) groups excluding carboxylic acids is 4. The smallest absolute Gasteiger partial charge is 0.327 e. The molecule has 0 aliphatic heterocycles. The molecule has 0 unspecified atom stereocenters. The van der Waals surface area contributed by atoms with Gasteiger partial charge >= 0.3 is 23.9 Å². The molecule has 0 aliphatic rings. The van der Waals surface area contributed by atoms with Crippen molar-refractivity contribution in [1.82, 2.24) is 21.3 Å². The fraction of sp³-hybridized carbons (Fsp3) is 0.355. The Morgan fingerprint density at radius 2 is 1.04 bits per heavy atom. The summed E-state index contributed by atoms with van der Waals surface area (Å²) in [6, 6.07) is 10.4. The molecule has 0 radical (unpaired) electrons. The number of hydrogen-bond acceptors (Lipinski definition) is 9. The minimum atomic E-state index is -1.84. The first-order valence-corrected chi connectivity index (χ1v) is 15.2. The van der Waals surface area contributed by atoms with Gasteiger partial charge in [-0.15, -0.1) is 0 Å². The highest BCUT2D eigenvalue weighted by atomic mass is 32.1. The number of rotatable bonds is 20. The zero-order chi connectivity index (χ0) is 35.8. The lowest BCUT2D eigenvalue weighted by Gasteiger charge is -2.30. The van der Waals surface area contributed by atoms with Crippen molar-refractivity contribution in [2.24, 2.45) is 0 Å². The van der Waals surface area contributed by atoms with Crippen LogP contribution in [0.2, 0.25) is 0 Å². The number of amides is 4. The molecular formula is C31H36N4O12S. The minimum Gasteiger partial charge on any atom is -0.481 e. The van der Waals surface area contributed by atoms with Crippen molar-refractivity contribution in [2.45, 2.75) is 62.2 Å². The fourth-order valence-corrected chi connectivity index (χ4v) is 4.82. The summed E-state index contributed by atoms with van der Waals surface area (Å²) >= 11 is 3.83. The van der Waals surface area contributed by atoms with Crippen molar-refractivity contribution >= 4 is 60.1 Å². The summed E-state index contributed by atoms with van der Waals surface area (Å²) in [5.41, 5.74) is 1.09. The molecule has 48 heavy (non-hydrogen) atoms. The van der Waals surface area contributed by atoms with Crippen LogP contribution in [0.1, 0.15) is 49.1 Å². The standard InChI is InChI=1S/C31H36N4O12S/c36-22(12-14-24(39)40)35-27(26(17-7-3-1-4-8-17)18-9-5-2-6-10-18)30(45)32-19(11-13-23(37)38)28(43)33-20(15-25(41)42)29(44)34-21(16-48)31(46)47/h1-10,19-21,26-27,48H,11-16H2,(H,32,45)(H,33,43)(H,34,44)(H,35,36)(H,37,38)(H,39,40)(H,41,42)(H,46,47)/t19-,20-,21+,27-/m0/s1. The van der Waals surface area contributed by atoms with Gasteiger partial charge in [0, 0.05) is 24.5 Å². The first kappa shape index (κ1) is 38.7. The van der Waals surface area contributed by atoms with E-state index in [0.717, 1.165) is 0 Å². The van der Waals surface area contributed by atoms with Crippen molar-refractivity contribution in [3.05, 3.63) is 71.8 Å². The van der Waals surface area contributed by atoms with E-state index in [1.807, 2.05) is 0 Å². The molecule has 0 spiro atoms. The number of nitrogens with one attached hydrogen (secondary N) is 4. The van der Waals surface area contributed by atoms with E-state index >= 15 is 0 Å². The van der Waals surface area contributed by atoms with Gasteiger partial charge in [0.2, 0.25) is 23.6 Å². The van der Waals surface area contributed by atoms with Crippen LogP contribution in [-0.4, -0.2) is 97.9 Å². The molecule has 0 heterocycles. The molecule has 0 fully saturated rings. The monoisotopic (exact) mass is 688 g/mol. The Morgan fingerprint density at radius 3 is 1.50 bits per heavy atom. The summed E-state index contributed by atoms with van der Waals surface area (Å²) in [6.07, 6.45) is -3.24. The lowest BCUT2D eigenvalue weighted by atomic mass is 9.84. The van der Waals surface area contributed by atoms with Gasteiger partial charge in [-0.25, -0.2) is 4.79 Å². The molecule has 0 saturated carbocycles. The van der Waals surface area contributed by atoms with Crippen LogP contribution in [0.25, 0.3) is 0 Å². The van der Waals surface area contributed by atoms with Crippen LogP contribution in [0.15, 0.2) is 60.7 Å². The Kier molecular flexibility index (Phi) is 15.5. The molecule has 0 aliphatic carbocycles. The van der Waals surface area contributed by atoms with Gasteiger partial charge in [0.25, 0.3) is 0 Å². The molecule has 0 bridgehead atoms. The summed E-state index contributed by atoms with van der Waals surface area (Å²) in [4.78, 5) is 98.5. The first-order valence-electron chi connectivity index (χ1n) is 14.5. The van der Waals surface area contributed by atoms with Crippen molar-refractivity contribution in [3.8, 4) is 0 Å². The highest BCUT2D eigenvalue weighted by Crippen LogP contribution is 2.29. The van der Waals surface area contributed by atoms with E-state index in [0.29, 0.717) is 11.1 Å². The SMILES string of the molecule is O=C(O)CCC(=O)N[C@H](C(=O)N[C@@H](CCC(=O)O)C(=O)N[C@@H](CC(=O)O)C(=O)N[C@H](CS)C(=O)O)C(c1ccccc1)c1ccccc1. The first-order chi connectivity index (χ1) is 22.7. The molecule has 258 valence electrons. The van der Waals surface area contributed by atoms with Gasteiger partial charge in [-0.05, 0) is 17.5 Å². The summed E-state index contributed by atoms with van der Waals surface area (Å²) in [5.74, 6) is -11.1. The van der Waals surface area contributed by atoms with Crippen LogP contribution in [0.3, 0.4) is 0 Å². The van der Waals surface area contributed by atoms with Crippen LogP contribution in [-0.2, 0) is 38.4 Å². The summed E-state index contributed by atoms with van der Waals surface area (Å²) in [5, 5.41) is 46.1. The second-order valence-electron chi connectivity index (χ2n) is 10.5. The topological polar surface area (TPSA) is 266 Å². The van der Waals surface area contributed by atoms with Crippen LogP contribution in [0.4, 0.5) is 0 Å². The van der Waals surface area contributed by atoms with Crippen LogP contribution in [0.5, 0.6) is 0 Å². The largest absolute Gasteiger partial charge is 0.481 e. The van der Waals surface area contributed by atoms with Gasteiger partial charge in [-0.2, -0.15) is 12.6 Å². The molecule has 0 saturated heterocycles. The predicted octanol–water partition coefficient (Wildman–Crippen LogP) is -0.0236. The normalized spacial score (nSPS) is 13.2. The van der Waals surface area contributed by atoms with Gasteiger partial charge in [-0.3, -0.25) is 33.6 Å². The lowest BCUT2D eigenvalue weighted by Crippen LogP contribution is -2.59. The summed E-state index contributed by atoms with van der Waals surface area (Å²) in [7, 11) is 0. The van der Waals surface area contributed by atoms with Gasteiger partial charge in [0.1, 0.15) is 24.2 Å². The molecule has 8 N–H and O–H groups in total. The van der Waals surface area contributed by atoms with E-state index in [2.05, 4.69) is 33.9 Å². The maximum atomic E-state index is 14.0. The third-order valence-electron chi connectivity index (χ3n) is 6.90. The van der Waals surface area contributed by atoms with Crippen molar-refractivity contribution in [1.29, 1.82) is 0 Å². The van der Waals surface area contributed by atoms with Gasteiger partial charge in [0.05, 0.1) is 12.8 Å². The number of carboxylic acids is 4. The summed E-state index contributed by atoms with van der Waals surface area (Å²) < 4.78 is 0. The van der Waals surface area contributed by atoms with Gasteiger partial charge in [-0.1, -0.05) is 60.7 Å². The number of carboxylic acid groups (broad SMARTS) is 4. The second kappa shape index (κ2) is 19.3. The van der Waals surface area contributed by atoms with E-state index in [4.69, 9.17) is 5.11 Å². The van der Waals surface area contributed by atoms with Crippen molar-refractivity contribution in [2.75, 3.05) is 5.75 Å². The highest BCUT2D eigenvalue weighted by molar-refractivity contribution is 7.80. The Balaban J connectivity index is 2.50. The number of carbonyl (C=O) groups is 8. The van der Waals surface area contributed by atoms with Crippen molar-refractivity contribution in [3.63, 3.8) is 0 Å². The maximum absolute atomic E-state index is 14.0. The molecule has 2 aromatic carbocycles. The van der Waals surface area contributed by atoms with E-state index < -0.39 is 110 Å².